The first-order valence-electron chi connectivity index (χ1n) is 5.97. The van der Waals surface area contributed by atoms with E-state index in [1.807, 2.05) is 12.1 Å². The number of carbonyl (C=O) groups is 1. The minimum atomic E-state index is -0.821. The van der Waals surface area contributed by atoms with Crippen molar-refractivity contribution in [3.63, 3.8) is 0 Å². The lowest BCUT2D eigenvalue weighted by Gasteiger charge is -2.08. The van der Waals surface area contributed by atoms with E-state index in [0.29, 0.717) is 28.0 Å². The smallest absolute Gasteiger partial charge is 0.303 e. The van der Waals surface area contributed by atoms with Crippen LogP contribution in [0.25, 0.3) is 0 Å². The van der Waals surface area contributed by atoms with Gasteiger partial charge in [0.25, 0.3) is 0 Å². The highest BCUT2D eigenvalue weighted by Gasteiger charge is 2.04. The lowest BCUT2D eigenvalue weighted by atomic mass is 10.1. The van der Waals surface area contributed by atoms with Crippen LogP contribution in [-0.2, 0) is 11.2 Å². The molecule has 0 atom stereocenters. The predicted octanol–water partition coefficient (Wildman–Crippen LogP) is 4.80. The molecule has 0 heterocycles. The summed E-state index contributed by atoms with van der Waals surface area (Å²) in [5.41, 5.74) is 0.901. The Morgan fingerprint density at radius 1 is 1.05 bits per heavy atom. The van der Waals surface area contributed by atoms with Gasteiger partial charge in [-0.05, 0) is 42.3 Å². The minimum absolute atomic E-state index is 0.0897. The van der Waals surface area contributed by atoms with Crippen LogP contribution in [0.15, 0.2) is 42.5 Å². The van der Waals surface area contributed by atoms with E-state index < -0.39 is 5.97 Å². The van der Waals surface area contributed by atoms with Crippen LogP contribution in [-0.4, -0.2) is 11.1 Å². The van der Waals surface area contributed by atoms with Crippen LogP contribution in [0.5, 0.6) is 11.5 Å². The second-order valence-corrected chi connectivity index (χ2v) is 5.12. The summed E-state index contributed by atoms with van der Waals surface area (Å²) in [6.07, 6.45) is 0.551. The second-order valence-electron chi connectivity index (χ2n) is 4.25. The third kappa shape index (κ3) is 4.44. The number of aryl methyl sites for hydroxylation is 1. The molecule has 0 bridgehead atoms. The average molecular weight is 311 g/mol. The number of aliphatic carboxylic acids is 1. The molecule has 20 heavy (non-hydrogen) atoms. The van der Waals surface area contributed by atoms with E-state index in [9.17, 15) is 4.79 Å². The van der Waals surface area contributed by atoms with Crippen molar-refractivity contribution in [3.8, 4) is 11.5 Å². The number of rotatable bonds is 5. The van der Waals surface area contributed by atoms with E-state index in [0.717, 1.165) is 5.56 Å². The van der Waals surface area contributed by atoms with Gasteiger partial charge in [0.1, 0.15) is 11.5 Å². The summed E-state index contributed by atoms with van der Waals surface area (Å²) in [6, 6.07) is 12.2. The maximum atomic E-state index is 10.6. The molecule has 0 aliphatic carbocycles. The normalized spacial score (nSPS) is 10.3. The fraction of sp³-hybridized carbons (Fsp3) is 0.133. The minimum Gasteiger partial charge on any atom is -0.481 e. The van der Waals surface area contributed by atoms with Gasteiger partial charge in [-0.1, -0.05) is 35.3 Å². The molecule has 2 aromatic rings. The van der Waals surface area contributed by atoms with Gasteiger partial charge in [0.15, 0.2) is 0 Å². The summed E-state index contributed by atoms with van der Waals surface area (Å²) >= 11 is 11.8. The molecule has 104 valence electrons. The molecule has 0 aliphatic rings. The number of benzene rings is 2. The summed E-state index contributed by atoms with van der Waals surface area (Å²) in [7, 11) is 0. The Hall–Kier alpha value is -1.71. The number of carboxylic acids is 1. The van der Waals surface area contributed by atoms with Gasteiger partial charge in [-0.3, -0.25) is 4.79 Å². The van der Waals surface area contributed by atoms with Crippen LogP contribution in [0.2, 0.25) is 10.0 Å². The van der Waals surface area contributed by atoms with Gasteiger partial charge in [-0.2, -0.15) is 0 Å². The van der Waals surface area contributed by atoms with Crippen LogP contribution in [0.3, 0.4) is 0 Å². The van der Waals surface area contributed by atoms with Crippen molar-refractivity contribution in [3.05, 3.63) is 58.1 Å². The zero-order valence-electron chi connectivity index (χ0n) is 10.5. The fourth-order valence-electron chi connectivity index (χ4n) is 1.74. The number of carboxylic acid groups (broad SMARTS) is 1. The van der Waals surface area contributed by atoms with Crippen LogP contribution < -0.4 is 4.74 Å². The van der Waals surface area contributed by atoms with E-state index in [4.69, 9.17) is 33.0 Å². The highest BCUT2D eigenvalue weighted by Crippen LogP contribution is 2.28. The van der Waals surface area contributed by atoms with E-state index >= 15 is 0 Å². The molecule has 0 radical (unpaired) electrons. The SMILES string of the molecule is O=C(O)CCc1cccc(Oc2cc(Cl)cc(Cl)c2)c1. The van der Waals surface area contributed by atoms with Crippen molar-refractivity contribution in [1.82, 2.24) is 0 Å². The predicted molar refractivity (Wildman–Crippen MR) is 78.9 cm³/mol. The largest absolute Gasteiger partial charge is 0.481 e. The Bertz CT molecular complexity index is 606. The Morgan fingerprint density at radius 2 is 1.75 bits per heavy atom. The Morgan fingerprint density at radius 3 is 2.40 bits per heavy atom. The van der Waals surface area contributed by atoms with Gasteiger partial charge in [-0.25, -0.2) is 0 Å². The molecule has 5 heteroatoms. The summed E-state index contributed by atoms with van der Waals surface area (Å²) < 4.78 is 5.67. The Kier molecular flexibility index (Phi) is 4.88. The van der Waals surface area contributed by atoms with Crippen LogP contribution >= 0.6 is 23.2 Å². The van der Waals surface area contributed by atoms with E-state index in [1.54, 1.807) is 30.3 Å². The summed E-state index contributed by atoms with van der Waals surface area (Å²) in [5.74, 6) is 0.335. The topological polar surface area (TPSA) is 46.5 Å². The van der Waals surface area contributed by atoms with Gasteiger partial charge >= 0.3 is 5.97 Å². The Balaban J connectivity index is 2.12. The van der Waals surface area contributed by atoms with Crippen LogP contribution in [0.1, 0.15) is 12.0 Å². The summed E-state index contributed by atoms with van der Waals surface area (Å²) in [6.45, 7) is 0. The molecule has 0 aliphatic heterocycles. The maximum Gasteiger partial charge on any atom is 0.303 e. The first-order valence-corrected chi connectivity index (χ1v) is 6.73. The molecule has 1 N–H and O–H groups in total. The summed E-state index contributed by atoms with van der Waals surface area (Å²) in [4.78, 5) is 10.6. The molecule has 0 aromatic heterocycles. The van der Waals surface area contributed by atoms with Crippen molar-refractivity contribution in [2.24, 2.45) is 0 Å². The molecule has 0 amide bonds. The van der Waals surface area contributed by atoms with Crippen molar-refractivity contribution in [2.45, 2.75) is 12.8 Å². The zero-order chi connectivity index (χ0) is 14.5. The molecule has 0 unspecified atom stereocenters. The van der Waals surface area contributed by atoms with E-state index in [1.165, 1.54) is 0 Å². The molecule has 0 saturated heterocycles. The van der Waals surface area contributed by atoms with E-state index in [2.05, 4.69) is 0 Å². The molecule has 2 aromatic carbocycles. The standard InChI is InChI=1S/C15H12Cl2O3/c16-11-7-12(17)9-14(8-11)20-13-3-1-2-10(6-13)4-5-15(18)19/h1-3,6-9H,4-5H2,(H,18,19). The molecular weight excluding hydrogens is 299 g/mol. The molecule has 0 fully saturated rings. The van der Waals surface area contributed by atoms with Gasteiger partial charge in [-0.15, -0.1) is 0 Å². The molecule has 3 nitrogen and oxygen atoms in total. The van der Waals surface area contributed by atoms with Crippen molar-refractivity contribution >= 4 is 29.2 Å². The number of hydrogen-bond acceptors (Lipinski definition) is 2. The van der Waals surface area contributed by atoms with Crippen molar-refractivity contribution in [1.29, 1.82) is 0 Å². The first-order chi connectivity index (χ1) is 9.52. The van der Waals surface area contributed by atoms with Gasteiger partial charge in [0.05, 0.1) is 0 Å². The quantitative estimate of drug-likeness (QED) is 0.862. The van der Waals surface area contributed by atoms with Gasteiger partial charge in [0.2, 0.25) is 0 Å². The summed E-state index contributed by atoms with van der Waals surface area (Å²) in [5, 5.41) is 9.67. The average Bonchev–Trinajstić information content (AvgIpc) is 2.35. The maximum absolute atomic E-state index is 10.6. The molecule has 2 rings (SSSR count). The van der Waals surface area contributed by atoms with Crippen LogP contribution in [0.4, 0.5) is 0 Å². The van der Waals surface area contributed by atoms with E-state index in [-0.39, 0.29) is 6.42 Å². The zero-order valence-corrected chi connectivity index (χ0v) is 12.0. The third-order valence-corrected chi connectivity index (χ3v) is 3.03. The van der Waals surface area contributed by atoms with Gasteiger partial charge < -0.3 is 9.84 Å². The second kappa shape index (κ2) is 6.64. The number of hydrogen-bond donors (Lipinski definition) is 1. The van der Waals surface area contributed by atoms with Crippen molar-refractivity contribution in [2.75, 3.05) is 0 Å². The highest BCUT2D eigenvalue weighted by atomic mass is 35.5. The highest BCUT2D eigenvalue weighted by molar-refractivity contribution is 6.34. The molecule has 0 saturated carbocycles. The van der Waals surface area contributed by atoms with Gasteiger partial charge in [0, 0.05) is 16.5 Å². The lowest BCUT2D eigenvalue weighted by Crippen LogP contribution is -1.97. The third-order valence-electron chi connectivity index (χ3n) is 2.60. The lowest BCUT2D eigenvalue weighted by molar-refractivity contribution is -0.136. The number of halogens is 2. The first kappa shape index (κ1) is 14.7. The van der Waals surface area contributed by atoms with Crippen molar-refractivity contribution < 1.29 is 14.6 Å². The van der Waals surface area contributed by atoms with Crippen LogP contribution in [0, 0.1) is 0 Å². The molecular formula is C15H12Cl2O3. The molecule has 0 spiro atoms. The number of ether oxygens (including phenoxy) is 1. The monoisotopic (exact) mass is 310 g/mol. The fourth-order valence-corrected chi connectivity index (χ4v) is 2.25. The Labute approximate surface area is 126 Å².